The van der Waals surface area contributed by atoms with Crippen molar-refractivity contribution in [3.8, 4) is 0 Å². The van der Waals surface area contributed by atoms with Crippen molar-refractivity contribution in [3.63, 3.8) is 0 Å². The van der Waals surface area contributed by atoms with Gasteiger partial charge >= 0.3 is 5.97 Å². The molecule has 2 rings (SSSR count). The number of hydrogen-bond donors (Lipinski definition) is 1. The van der Waals surface area contributed by atoms with Gasteiger partial charge < -0.3 is 14.7 Å². The first-order valence-corrected chi connectivity index (χ1v) is 6.27. The second-order valence-electron chi connectivity index (χ2n) is 4.69. The number of ether oxygens (including phenoxy) is 1. The van der Waals surface area contributed by atoms with Gasteiger partial charge in [0.1, 0.15) is 0 Å². The maximum absolute atomic E-state index is 12.3. The fourth-order valence-corrected chi connectivity index (χ4v) is 3.05. The van der Waals surface area contributed by atoms with Crippen molar-refractivity contribution in [2.24, 2.45) is 11.8 Å². The molecular formula is C12H19NO4. The van der Waals surface area contributed by atoms with Crippen molar-refractivity contribution in [1.82, 2.24) is 4.90 Å². The van der Waals surface area contributed by atoms with Crippen LogP contribution >= 0.6 is 0 Å². The maximum Gasteiger partial charge on any atom is 0.310 e. The third kappa shape index (κ3) is 1.92. The van der Waals surface area contributed by atoms with Crippen LogP contribution in [0.25, 0.3) is 0 Å². The minimum absolute atomic E-state index is 0.0606. The summed E-state index contributed by atoms with van der Waals surface area (Å²) in [7, 11) is 0. The molecule has 0 radical (unpaired) electrons. The Labute approximate surface area is 101 Å². The summed E-state index contributed by atoms with van der Waals surface area (Å²) < 4.78 is 5.59. The predicted molar refractivity (Wildman–Crippen MR) is 60.4 cm³/mol. The van der Waals surface area contributed by atoms with Gasteiger partial charge in [-0.15, -0.1) is 0 Å². The van der Waals surface area contributed by atoms with Crippen molar-refractivity contribution in [3.05, 3.63) is 0 Å². The summed E-state index contributed by atoms with van der Waals surface area (Å²) in [6, 6.07) is 0. The molecule has 2 saturated heterocycles. The van der Waals surface area contributed by atoms with Crippen LogP contribution in [0.3, 0.4) is 0 Å². The number of rotatable bonds is 4. The first-order valence-electron chi connectivity index (χ1n) is 6.27. The van der Waals surface area contributed by atoms with Crippen LogP contribution in [-0.2, 0) is 14.3 Å². The second kappa shape index (κ2) is 4.64. The molecule has 4 atom stereocenters. The van der Waals surface area contributed by atoms with E-state index in [9.17, 15) is 14.7 Å². The van der Waals surface area contributed by atoms with Crippen LogP contribution in [0.15, 0.2) is 0 Å². The average Bonchev–Trinajstić information content (AvgIpc) is 2.89. The van der Waals surface area contributed by atoms with Crippen molar-refractivity contribution in [2.75, 3.05) is 13.1 Å². The second-order valence-corrected chi connectivity index (χ2v) is 4.69. The van der Waals surface area contributed by atoms with E-state index in [2.05, 4.69) is 0 Å². The van der Waals surface area contributed by atoms with Crippen LogP contribution in [0.5, 0.6) is 0 Å². The van der Waals surface area contributed by atoms with Crippen LogP contribution in [0.1, 0.15) is 26.7 Å². The van der Waals surface area contributed by atoms with E-state index in [0.717, 1.165) is 12.8 Å². The topological polar surface area (TPSA) is 66.8 Å². The Morgan fingerprint density at radius 2 is 1.71 bits per heavy atom. The SMILES string of the molecule is CCN(CC)C(=O)[C@@H]1[C@@H](C(=O)O)[C@H]2CC[C@H]1O2. The molecule has 2 fully saturated rings. The Bertz CT molecular complexity index is 326. The molecule has 0 unspecified atom stereocenters. The quantitative estimate of drug-likeness (QED) is 0.788. The van der Waals surface area contributed by atoms with Gasteiger partial charge in [-0.25, -0.2) is 0 Å². The predicted octanol–water partition coefficient (Wildman–Crippen LogP) is 0.733. The fourth-order valence-electron chi connectivity index (χ4n) is 3.05. The number of carbonyl (C=O) groups is 2. The highest BCUT2D eigenvalue weighted by Gasteiger charge is 2.56. The zero-order valence-corrected chi connectivity index (χ0v) is 10.3. The monoisotopic (exact) mass is 241 g/mol. The summed E-state index contributed by atoms with van der Waals surface area (Å²) >= 11 is 0. The van der Waals surface area contributed by atoms with Gasteiger partial charge in [-0.05, 0) is 26.7 Å². The Morgan fingerprint density at radius 1 is 1.18 bits per heavy atom. The Hall–Kier alpha value is -1.10. The summed E-state index contributed by atoms with van der Waals surface area (Å²) in [6.45, 7) is 5.06. The molecule has 96 valence electrons. The van der Waals surface area contributed by atoms with E-state index in [-0.39, 0.29) is 18.1 Å². The molecule has 2 heterocycles. The molecular weight excluding hydrogens is 222 g/mol. The van der Waals surface area contributed by atoms with E-state index in [4.69, 9.17) is 4.74 Å². The standard InChI is InChI=1S/C12H19NO4/c1-3-13(4-2)11(14)9-7-5-6-8(17-7)10(9)12(15)16/h7-10H,3-6H2,1-2H3,(H,15,16)/t7-,8-,9+,10+/m1/s1. The smallest absolute Gasteiger partial charge is 0.310 e. The minimum Gasteiger partial charge on any atom is -0.481 e. The van der Waals surface area contributed by atoms with Gasteiger partial charge in [-0.2, -0.15) is 0 Å². The highest BCUT2D eigenvalue weighted by molar-refractivity contribution is 5.86. The zero-order valence-electron chi connectivity index (χ0n) is 10.3. The van der Waals surface area contributed by atoms with Gasteiger partial charge in [0, 0.05) is 13.1 Å². The number of aliphatic carboxylic acids is 1. The van der Waals surface area contributed by atoms with E-state index < -0.39 is 17.8 Å². The molecule has 2 aliphatic heterocycles. The van der Waals surface area contributed by atoms with Crippen LogP contribution in [0.4, 0.5) is 0 Å². The third-order valence-electron chi connectivity index (χ3n) is 3.92. The van der Waals surface area contributed by atoms with E-state index in [1.54, 1.807) is 4.90 Å². The first-order chi connectivity index (χ1) is 8.10. The first kappa shape index (κ1) is 12.4. The lowest BCUT2D eigenvalue weighted by Crippen LogP contribution is -2.45. The largest absolute Gasteiger partial charge is 0.481 e. The molecule has 5 nitrogen and oxygen atoms in total. The third-order valence-corrected chi connectivity index (χ3v) is 3.92. The summed E-state index contributed by atoms with van der Waals surface area (Å²) in [5.41, 5.74) is 0. The van der Waals surface area contributed by atoms with Crippen LogP contribution < -0.4 is 0 Å². The minimum atomic E-state index is -0.900. The normalized spacial score (nSPS) is 34.9. The van der Waals surface area contributed by atoms with Gasteiger partial charge in [0.25, 0.3) is 0 Å². The maximum atomic E-state index is 12.3. The lowest BCUT2D eigenvalue weighted by molar-refractivity contribution is -0.150. The van der Waals surface area contributed by atoms with E-state index in [1.807, 2.05) is 13.8 Å². The van der Waals surface area contributed by atoms with Crippen LogP contribution in [-0.4, -0.2) is 47.2 Å². The van der Waals surface area contributed by atoms with Crippen molar-refractivity contribution in [1.29, 1.82) is 0 Å². The summed E-state index contributed by atoms with van der Waals surface area (Å²) in [5.74, 6) is -2.09. The van der Waals surface area contributed by atoms with Gasteiger partial charge in [0.2, 0.25) is 5.91 Å². The number of carbonyl (C=O) groups excluding carboxylic acids is 1. The molecule has 2 aliphatic rings. The van der Waals surface area contributed by atoms with Crippen LogP contribution in [0, 0.1) is 11.8 Å². The molecule has 1 amide bonds. The number of fused-ring (bicyclic) bond motifs is 2. The fraction of sp³-hybridized carbons (Fsp3) is 0.833. The molecule has 0 spiro atoms. The molecule has 17 heavy (non-hydrogen) atoms. The lowest BCUT2D eigenvalue weighted by atomic mass is 9.78. The molecule has 0 aromatic heterocycles. The molecule has 5 heteroatoms. The number of nitrogens with zero attached hydrogens (tertiary/aromatic N) is 1. The lowest BCUT2D eigenvalue weighted by Gasteiger charge is -2.29. The summed E-state index contributed by atoms with van der Waals surface area (Å²) in [4.78, 5) is 25.2. The molecule has 0 saturated carbocycles. The highest BCUT2D eigenvalue weighted by atomic mass is 16.5. The van der Waals surface area contributed by atoms with E-state index >= 15 is 0 Å². The average molecular weight is 241 g/mol. The zero-order chi connectivity index (χ0) is 12.6. The molecule has 0 aromatic carbocycles. The molecule has 1 N–H and O–H groups in total. The van der Waals surface area contributed by atoms with Gasteiger partial charge in [-0.1, -0.05) is 0 Å². The Kier molecular flexibility index (Phi) is 3.38. The molecule has 0 aromatic rings. The summed E-state index contributed by atoms with van der Waals surface area (Å²) in [6.07, 6.45) is 1.13. The van der Waals surface area contributed by atoms with Gasteiger partial charge in [-0.3, -0.25) is 9.59 Å². The van der Waals surface area contributed by atoms with Crippen molar-refractivity contribution >= 4 is 11.9 Å². The van der Waals surface area contributed by atoms with E-state index in [1.165, 1.54) is 0 Å². The summed E-state index contributed by atoms with van der Waals surface area (Å²) in [5, 5.41) is 9.23. The van der Waals surface area contributed by atoms with Crippen molar-refractivity contribution in [2.45, 2.75) is 38.9 Å². The Morgan fingerprint density at radius 3 is 2.18 bits per heavy atom. The molecule has 2 bridgehead atoms. The molecule has 0 aliphatic carbocycles. The highest BCUT2D eigenvalue weighted by Crippen LogP contribution is 2.44. The van der Waals surface area contributed by atoms with Gasteiger partial charge in [0.05, 0.1) is 24.0 Å². The number of carboxylic acid groups (broad SMARTS) is 1. The number of amides is 1. The van der Waals surface area contributed by atoms with Gasteiger partial charge in [0.15, 0.2) is 0 Å². The number of carboxylic acids is 1. The number of hydrogen-bond acceptors (Lipinski definition) is 3. The van der Waals surface area contributed by atoms with Crippen LogP contribution in [0.2, 0.25) is 0 Å². The Balaban J connectivity index is 2.18. The van der Waals surface area contributed by atoms with E-state index in [0.29, 0.717) is 13.1 Å². The van der Waals surface area contributed by atoms with Crippen molar-refractivity contribution < 1.29 is 19.4 Å².